The summed E-state index contributed by atoms with van der Waals surface area (Å²) in [6, 6.07) is 15.4. The van der Waals surface area contributed by atoms with Gasteiger partial charge >= 0.3 is 0 Å². The Hall–Kier alpha value is -3.46. The number of benzene rings is 2. The van der Waals surface area contributed by atoms with E-state index in [2.05, 4.69) is 15.8 Å². The SMILES string of the molecule is CCCC(=O)Nc1ccc(C(=O)N/N=C/c2ccc(C#N)cc2)cc1. The molecule has 2 N–H and O–H groups in total. The van der Waals surface area contributed by atoms with Crippen LogP contribution in [0.25, 0.3) is 0 Å². The van der Waals surface area contributed by atoms with E-state index in [0.29, 0.717) is 23.2 Å². The fourth-order valence-electron chi connectivity index (χ4n) is 2.03. The number of hydrazone groups is 1. The summed E-state index contributed by atoms with van der Waals surface area (Å²) in [7, 11) is 0. The first kappa shape index (κ1) is 17.9. The summed E-state index contributed by atoms with van der Waals surface area (Å²) in [6.45, 7) is 1.94. The fraction of sp³-hybridized carbons (Fsp3) is 0.158. The van der Waals surface area contributed by atoms with Crippen LogP contribution in [0.15, 0.2) is 53.6 Å². The fourth-order valence-corrected chi connectivity index (χ4v) is 2.03. The molecule has 126 valence electrons. The first-order valence-electron chi connectivity index (χ1n) is 7.86. The number of nitriles is 1. The van der Waals surface area contributed by atoms with Crippen molar-refractivity contribution in [3.05, 3.63) is 65.2 Å². The first-order valence-corrected chi connectivity index (χ1v) is 7.86. The Labute approximate surface area is 146 Å². The maximum absolute atomic E-state index is 12.0. The summed E-state index contributed by atoms with van der Waals surface area (Å²) < 4.78 is 0. The van der Waals surface area contributed by atoms with E-state index in [1.165, 1.54) is 6.21 Å². The van der Waals surface area contributed by atoms with Gasteiger partial charge in [0.25, 0.3) is 5.91 Å². The van der Waals surface area contributed by atoms with Crippen LogP contribution in [-0.4, -0.2) is 18.0 Å². The van der Waals surface area contributed by atoms with Gasteiger partial charge in [0, 0.05) is 17.7 Å². The molecule has 2 aromatic rings. The predicted octanol–water partition coefficient (Wildman–Crippen LogP) is 3.06. The van der Waals surface area contributed by atoms with Gasteiger partial charge in [-0.25, -0.2) is 5.43 Å². The minimum Gasteiger partial charge on any atom is -0.326 e. The van der Waals surface area contributed by atoms with E-state index in [4.69, 9.17) is 5.26 Å². The summed E-state index contributed by atoms with van der Waals surface area (Å²) in [5.41, 5.74) is 4.85. The van der Waals surface area contributed by atoms with Gasteiger partial charge in [-0.15, -0.1) is 0 Å². The van der Waals surface area contributed by atoms with Gasteiger partial charge in [0.2, 0.25) is 5.91 Å². The number of amides is 2. The van der Waals surface area contributed by atoms with Gasteiger partial charge in [-0.1, -0.05) is 19.1 Å². The molecule has 0 heterocycles. The minimum atomic E-state index is -0.351. The normalized spacial score (nSPS) is 10.2. The van der Waals surface area contributed by atoms with Crippen LogP contribution in [0.1, 0.15) is 41.3 Å². The van der Waals surface area contributed by atoms with Crippen molar-refractivity contribution in [2.45, 2.75) is 19.8 Å². The third-order valence-electron chi connectivity index (χ3n) is 3.33. The topological polar surface area (TPSA) is 94.3 Å². The van der Waals surface area contributed by atoms with E-state index in [9.17, 15) is 9.59 Å². The van der Waals surface area contributed by atoms with Crippen molar-refractivity contribution in [2.24, 2.45) is 5.10 Å². The maximum Gasteiger partial charge on any atom is 0.271 e. The van der Waals surface area contributed by atoms with E-state index < -0.39 is 0 Å². The molecule has 2 aromatic carbocycles. The summed E-state index contributed by atoms with van der Waals surface area (Å²) in [5, 5.41) is 15.4. The molecular weight excluding hydrogens is 316 g/mol. The van der Waals surface area contributed by atoms with Crippen molar-refractivity contribution in [1.29, 1.82) is 5.26 Å². The number of carbonyl (C=O) groups excluding carboxylic acids is 2. The second-order valence-corrected chi connectivity index (χ2v) is 5.31. The lowest BCUT2D eigenvalue weighted by atomic mass is 10.2. The van der Waals surface area contributed by atoms with Gasteiger partial charge in [0.1, 0.15) is 0 Å². The smallest absolute Gasteiger partial charge is 0.271 e. The Morgan fingerprint density at radius 1 is 1.12 bits per heavy atom. The largest absolute Gasteiger partial charge is 0.326 e. The van der Waals surface area contributed by atoms with Crippen molar-refractivity contribution in [3.63, 3.8) is 0 Å². The van der Waals surface area contributed by atoms with Crippen molar-refractivity contribution in [3.8, 4) is 6.07 Å². The van der Waals surface area contributed by atoms with Crippen LogP contribution in [0, 0.1) is 11.3 Å². The van der Waals surface area contributed by atoms with Crippen LogP contribution in [0.2, 0.25) is 0 Å². The zero-order valence-electron chi connectivity index (χ0n) is 13.8. The van der Waals surface area contributed by atoms with E-state index >= 15 is 0 Å². The Bertz CT molecular complexity index is 803. The molecule has 6 heteroatoms. The average Bonchev–Trinajstić information content (AvgIpc) is 2.63. The molecule has 0 saturated carbocycles. The van der Waals surface area contributed by atoms with Crippen molar-refractivity contribution >= 4 is 23.7 Å². The zero-order valence-corrected chi connectivity index (χ0v) is 13.8. The number of rotatable bonds is 6. The van der Waals surface area contributed by atoms with Crippen LogP contribution >= 0.6 is 0 Å². The van der Waals surface area contributed by atoms with Crippen molar-refractivity contribution in [1.82, 2.24) is 5.43 Å². The molecule has 0 spiro atoms. The number of carbonyl (C=O) groups is 2. The Morgan fingerprint density at radius 2 is 1.80 bits per heavy atom. The van der Waals surface area contributed by atoms with E-state index in [-0.39, 0.29) is 11.8 Å². The summed E-state index contributed by atoms with van der Waals surface area (Å²) >= 11 is 0. The van der Waals surface area contributed by atoms with Gasteiger partial charge in [-0.2, -0.15) is 10.4 Å². The molecule has 0 atom stereocenters. The molecule has 6 nitrogen and oxygen atoms in total. The molecule has 2 rings (SSSR count). The lowest BCUT2D eigenvalue weighted by Gasteiger charge is -2.05. The lowest BCUT2D eigenvalue weighted by Crippen LogP contribution is -2.17. The van der Waals surface area contributed by atoms with E-state index in [1.807, 2.05) is 13.0 Å². The average molecular weight is 334 g/mol. The third-order valence-corrected chi connectivity index (χ3v) is 3.33. The molecule has 0 aliphatic carbocycles. The standard InChI is InChI=1S/C19H18N4O2/c1-2-3-18(24)22-17-10-8-16(9-11-17)19(25)23-21-13-15-6-4-14(12-20)5-7-15/h4-11,13H,2-3H2,1H3,(H,22,24)(H,23,25)/b21-13+. The van der Waals surface area contributed by atoms with Crippen molar-refractivity contribution in [2.75, 3.05) is 5.32 Å². The second-order valence-electron chi connectivity index (χ2n) is 5.31. The number of nitrogens with zero attached hydrogens (tertiary/aromatic N) is 2. The predicted molar refractivity (Wildman–Crippen MR) is 96.2 cm³/mol. The number of hydrogen-bond donors (Lipinski definition) is 2. The van der Waals surface area contributed by atoms with Gasteiger partial charge < -0.3 is 5.32 Å². The lowest BCUT2D eigenvalue weighted by molar-refractivity contribution is -0.116. The molecule has 0 unspecified atom stereocenters. The van der Waals surface area contributed by atoms with Gasteiger partial charge in [-0.05, 0) is 48.4 Å². The highest BCUT2D eigenvalue weighted by Gasteiger charge is 2.05. The second kappa shape index (κ2) is 8.99. The van der Waals surface area contributed by atoms with Gasteiger partial charge in [0.05, 0.1) is 17.8 Å². The highest BCUT2D eigenvalue weighted by atomic mass is 16.2. The maximum atomic E-state index is 12.0. The Kier molecular flexibility index (Phi) is 6.43. The monoisotopic (exact) mass is 334 g/mol. The van der Waals surface area contributed by atoms with Crippen LogP contribution in [0.5, 0.6) is 0 Å². The number of anilines is 1. The molecule has 25 heavy (non-hydrogen) atoms. The molecule has 0 fully saturated rings. The molecule has 0 bridgehead atoms. The van der Waals surface area contributed by atoms with Crippen LogP contribution in [0.4, 0.5) is 5.69 Å². The quantitative estimate of drug-likeness (QED) is 0.628. The highest BCUT2D eigenvalue weighted by Crippen LogP contribution is 2.10. The molecule has 2 amide bonds. The Balaban J connectivity index is 1.90. The highest BCUT2D eigenvalue weighted by molar-refractivity contribution is 5.96. The Morgan fingerprint density at radius 3 is 2.40 bits per heavy atom. The molecule has 0 aliphatic rings. The van der Waals surface area contributed by atoms with Crippen LogP contribution in [-0.2, 0) is 4.79 Å². The van der Waals surface area contributed by atoms with Crippen molar-refractivity contribution < 1.29 is 9.59 Å². The molecule has 0 aliphatic heterocycles. The van der Waals surface area contributed by atoms with Crippen LogP contribution < -0.4 is 10.7 Å². The van der Waals surface area contributed by atoms with Gasteiger partial charge in [0.15, 0.2) is 0 Å². The summed E-state index contributed by atoms with van der Waals surface area (Å²) in [6.07, 6.45) is 2.74. The summed E-state index contributed by atoms with van der Waals surface area (Å²) in [4.78, 5) is 23.5. The first-order chi connectivity index (χ1) is 12.1. The molecular formula is C19H18N4O2. The summed E-state index contributed by atoms with van der Waals surface area (Å²) in [5.74, 6) is -0.400. The third kappa shape index (κ3) is 5.59. The van der Waals surface area contributed by atoms with Crippen LogP contribution in [0.3, 0.4) is 0 Å². The zero-order chi connectivity index (χ0) is 18.1. The molecule has 0 radical (unpaired) electrons. The molecule has 0 aromatic heterocycles. The minimum absolute atomic E-state index is 0.0493. The number of hydrogen-bond acceptors (Lipinski definition) is 4. The van der Waals surface area contributed by atoms with E-state index in [1.54, 1.807) is 48.5 Å². The molecule has 0 saturated heterocycles. The number of nitrogens with one attached hydrogen (secondary N) is 2. The van der Waals surface area contributed by atoms with E-state index in [0.717, 1.165) is 12.0 Å². The van der Waals surface area contributed by atoms with Gasteiger partial charge in [-0.3, -0.25) is 9.59 Å².